The normalized spacial score (nSPS) is 31.7. The van der Waals surface area contributed by atoms with Gasteiger partial charge in [0, 0.05) is 12.5 Å². The minimum atomic E-state index is -1.20. The zero-order valence-electron chi connectivity index (χ0n) is 16.0. The van der Waals surface area contributed by atoms with Gasteiger partial charge < -0.3 is 28.8 Å². The Bertz CT molecular complexity index is 797. The summed E-state index contributed by atoms with van der Waals surface area (Å²) in [5, 5.41) is 10.8. The molecule has 0 bridgehead atoms. The second-order valence-corrected chi connectivity index (χ2v) is 7.08. The van der Waals surface area contributed by atoms with Crippen LogP contribution in [0.2, 0.25) is 0 Å². The van der Waals surface area contributed by atoms with Crippen molar-refractivity contribution in [3.63, 3.8) is 0 Å². The van der Waals surface area contributed by atoms with Crippen molar-refractivity contribution in [2.75, 3.05) is 6.61 Å². The molecule has 29 heavy (non-hydrogen) atoms. The molecular weight excluding hydrogens is 376 g/mol. The van der Waals surface area contributed by atoms with E-state index in [1.165, 1.54) is 6.92 Å². The molecule has 154 valence electrons. The lowest BCUT2D eigenvalue weighted by atomic mass is 9.97. The van der Waals surface area contributed by atoms with Gasteiger partial charge >= 0.3 is 5.97 Å². The van der Waals surface area contributed by atoms with Gasteiger partial charge in [-0.2, -0.15) is 0 Å². The molecule has 2 fully saturated rings. The first-order valence-electron chi connectivity index (χ1n) is 9.60. The maximum atomic E-state index is 11.4. The van der Waals surface area contributed by atoms with Gasteiger partial charge in [0.15, 0.2) is 6.29 Å². The predicted octanol–water partition coefficient (Wildman–Crippen LogP) is 2.33. The van der Waals surface area contributed by atoms with Crippen LogP contribution in [0.1, 0.15) is 24.3 Å². The maximum absolute atomic E-state index is 11.4. The molecule has 4 rings (SSSR count). The Balaban J connectivity index is 1.53. The summed E-state index contributed by atoms with van der Waals surface area (Å²) in [7, 11) is 0. The van der Waals surface area contributed by atoms with Crippen LogP contribution in [0.15, 0.2) is 60.7 Å². The Labute approximate surface area is 169 Å². The van der Waals surface area contributed by atoms with Gasteiger partial charge in [-0.3, -0.25) is 4.79 Å². The van der Waals surface area contributed by atoms with Crippen LogP contribution in [0, 0.1) is 0 Å². The van der Waals surface area contributed by atoms with Crippen LogP contribution in [-0.4, -0.2) is 48.4 Å². The van der Waals surface area contributed by atoms with Crippen LogP contribution >= 0.6 is 0 Å². The highest BCUT2D eigenvalue weighted by Crippen LogP contribution is 2.35. The number of ether oxygens (including phenoxy) is 5. The molecule has 7 heteroatoms. The molecule has 0 amide bonds. The van der Waals surface area contributed by atoms with Crippen molar-refractivity contribution >= 4 is 5.97 Å². The molecule has 7 nitrogen and oxygen atoms in total. The zero-order chi connectivity index (χ0) is 20.2. The molecule has 0 radical (unpaired) electrons. The van der Waals surface area contributed by atoms with Crippen LogP contribution in [0.3, 0.4) is 0 Å². The number of aliphatic hydroxyl groups is 1. The molecule has 1 N–H and O–H groups in total. The molecule has 2 aliphatic heterocycles. The highest BCUT2D eigenvalue weighted by molar-refractivity contribution is 5.66. The molecule has 0 aliphatic carbocycles. The van der Waals surface area contributed by atoms with Crippen molar-refractivity contribution in [1.29, 1.82) is 0 Å². The number of hydrogen-bond acceptors (Lipinski definition) is 7. The monoisotopic (exact) mass is 400 g/mol. The van der Waals surface area contributed by atoms with Gasteiger partial charge in [-0.05, 0) is 5.56 Å². The molecule has 0 spiro atoms. The van der Waals surface area contributed by atoms with E-state index < -0.39 is 43.0 Å². The van der Waals surface area contributed by atoms with Crippen molar-refractivity contribution in [3.8, 4) is 0 Å². The number of rotatable bonds is 5. The maximum Gasteiger partial charge on any atom is 0.305 e. The average Bonchev–Trinajstić information content (AvgIpc) is 2.74. The van der Waals surface area contributed by atoms with Crippen molar-refractivity contribution in [3.05, 3.63) is 71.8 Å². The summed E-state index contributed by atoms with van der Waals surface area (Å²) in [6.07, 6.45) is -4.81. The SMILES string of the molecule is CC(=O)OC1O[C@@H]2COC(c3ccccc3)O[C@H]2[C@H](OCc2ccccc2)[C@H]1O. The van der Waals surface area contributed by atoms with Gasteiger partial charge in [0.25, 0.3) is 0 Å². The number of benzene rings is 2. The van der Waals surface area contributed by atoms with E-state index in [1.54, 1.807) is 0 Å². The lowest BCUT2D eigenvalue weighted by Crippen LogP contribution is -2.63. The summed E-state index contributed by atoms with van der Waals surface area (Å²) in [6, 6.07) is 19.2. The highest BCUT2D eigenvalue weighted by Gasteiger charge is 2.51. The third kappa shape index (κ3) is 4.66. The summed E-state index contributed by atoms with van der Waals surface area (Å²) in [5.74, 6) is -0.547. The lowest BCUT2D eigenvalue weighted by molar-refractivity contribution is -0.361. The summed E-state index contributed by atoms with van der Waals surface area (Å²) in [5.41, 5.74) is 1.82. The number of aliphatic hydroxyl groups excluding tert-OH is 1. The van der Waals surface area contributed by atoms with Crippen molar-refractivity contribution < 1.29 is 33.6 Å². The molecule has 2 heterocycles. The van der Waals surface area contributed by atoms with E-state index in [0.717, 1.165) is 11.1 Å². The predicted molar refractivity (Wildman–Crippen MR) is 101 cm³/mol. The molecule has 0 aromatic heterocycles. The standard InChI is InChI=1S/C22H24O7/c1-14(23)27-22-18(24)20(25-12-15-8-4-2-5-9-15)19-17(28-22)13-26-21(29-19)16-10-6-3-7-11-16/h2-11,17-22,24H,12-13H2,1H3/t17-,18-,19-,20-,21?,22?/m1/s1. The van der Waals surface area contributed by atoms with Gasteiger partial charge in [0.2, 0.25) is 6.29 Å². The van der Waals surface area contributed by atoms with Gasteiger partial charge in [-0.15, -0.1) is 0 Å². The summed E-state index contributed by atoms with van der Waals surface area (Å²) >= 11 is 0. The first kappa shape index (κ1) is 20.0. The Morgan fingerprint density at radius 2 is 1.76 bits per heavy atom. The zero-order valence-corrected chi connectivity index (χ0v) is 16.0. The minimum Gasteiger partial charge on any atom is -0.433 e. The van der Waals surface area contributed by atoms with E-state index in [4.69, 9.17) is 23.7 Å². The average molecular weight is 400 g/mol. The molecule has 2 aromatic rings. The molecule has 2 unspecified atom stereocenters. The third-order valence-corrected chi connectivity index (χ3v) is 4.95. The summed E-state index contributed by atoms with van der Waals surface area (Å²) in [4.78, 5) is 11.4. The van der Waals surface area contributed by atoms with Crippen molar-refractivity contribution in [1.82, 2.24) is 0 Å². The second-order valence-electron chi connectivity index (χ2n) is 7.08. The van der Waals surface area contributed by atoms with E-state index >= 15 is 0 Å². The Kier molecular flexibility index (Phi) is 6.22. The van der Waals surface area contributed by atoms with Crippen molar-refractivity contribution in [2.45, 2.75) is 50.5 Å². The molecule has 2 aliphatic rings. The lowest BCUT2D eigenvalue weighted by Gasteiger charge is -2.47. The van der Waals surface area contributed by atoms with Gasteiger partial charge in [0.05, 0.1) is 13.2 Å². The summed E-state index contributed by atoms with van der Waals surface area (Å²) in [6.45, 7) is 1.76. The van der Waals surface area contributed by atoms with Crippen LogP contribution in [0.5, 0.6) is 0 Å². The largest absolute Gasteiger partial charge is 0.433 e. The Morgan fingerprint density at radius 1 is 1.07 bits per heavy atom. The van der Waals surface area contributed by atoms with Gasteiger partial charge in [-0.25, -0.2) is 0 Å². The molecule has 0 saturated carbocycles. The number of carbonyl (C=O) groups is 1. The van der Waals surface area contributed by atoms with E-state index in [9.17, 15) is 9.90 Å². The smallest absolute Gasteiger partial charge is 0.305 e. The minimum absolute atomic E-state index is 0.222. The first-order valence-corrected chi connectivity index (χ1v) is 9.60. The van der Waals surface area contributed by atoms with Gasteiger partial charge in [0.1, 0.15) is 24.4 Å². The molecular formula is C22H24O7. The second kappa shape index (κ2) is 9.02. The highest BCUT2D eigenvalue weighted by atomic mass is 16.8. The fraction of sp³-hybridized carbons (Fsp3) is 0.409. The quantitative estimate of drug-likeness (QED) is 0.772. The van der Waals surface area contributed by atoms with Gasteiger partial charge in [-0.1, -0.05) is 60.7 Å². The van der Waals surface area contributed by atoms with E-state index in [1.807, 2.05) is 60.7 Å². The van der Waals surface area contributed by atoms with Crippen LogP contribution in [0.4, 0.5) is 0 Å². The fourth-order valence-electron chi connectivity index (χ4n) is 3.56. The fourth-order valence-corrected chi connectivity index (χ4v) is 3.56. The topological polar surface area (TPSA) is 83.5 Å². The molecule has 2 aromatic carbocycles. The third-order valence-electron chi connectivity index (χ3n) is 4.95. The van der Waals surface area contributed by atoms with E-state index in [-0.39, 0.29) is 13.2 Å². The van der Waals surface area contributed by atoms with Crippen LogP contribution in [-0.2, 0) is 35.1 Å². The number of esters is 1. The Morgan fingerprint density at radius 3 is 2.45 bits per heavy atom. The summed E-state index contributed by atoms with van der Waals surface area (Å²) < 4.78 is 28.9. The van der Waals surface area contributed by atoms with E-state index in [0.29, 0.717) is 0 Å². The van der Waals surface area contributed by atoms with Crippen molar-refractivity contribution in [2.24, 2.45) is 0 Å². The van der Waals surface area contributed by atoms with E-state index in [2.05, 4.69) is 0 Å². The molecule has 6 atom stereocenters. The number of fused-ring (bicyclic) bond motifs is 1. The molecule has 2 saturated heterocycles. The number of hydrogen-bond donors (Lipinski definition) is 1. The number of carbonyl (C=O) groups excluding carboxylic acids is 1. The first-order chi connectivity index (χ1) is 14.1. The Hall–Kier alpha value is -2.29. The van der Waals surface area contributed by atoms with Crippen LogP contribution < -0.4 is 0 Å². The van der Waals surface area contributed by atoms with Crippen LogP contribution in [0.25, 0.3) is 0 Å².